The van der Waals surface area contributed by atoms with Gasteiger partial charge in [-0.05, 0) is 37.6 Å². The normalized spacial score (nSPS) is 11.8. The minimum atomic E-state index is -0.677. The Bertz CT molecular complexity index is 830. The van der Waals surface area contributed by atoms with Crippen molar-refractivity contribution in [3.05, 3.63) is 66.6 Å². The fourth-order valence-electron chi connectivity index (χ4n) is 2.16. The first kappa shape index (κ1) is 15.7. The zero-order valence-electron chi connectivity index (χ0n) is 13.5. The minimum absolute atomic E-state index is 0.250. The summed E-state index contributed by atoms with van der Waals surface area (Å²) >= 11 is 0. The van der Waals surface area contributed by atoms with Gasteiger partial charge in [0.2, 0.25) is 5.88 Å². The molecule has 24 heavy (non-hydrogen) atoms. The summed E-state index contributed by atoms with van der Waals surface area (Å²) < 4.78 is 7.33. The predicted octanol–water partition coefficient (Wildman–Crippen LogP) is 2.98. The van der Waals surface area contributed by atoms with Gasteiger partial charge in [0.05, 0.1) is 17.6 Å². The Kier molecular flexibility index (Phi) is 4.56. The number of rotatable bonds is 5. The smallest absolute Gasteiger partial charge is 0.265 e. The van der Waals surface area contributed by atoms with Crippen molar-refractivity contribution in [3.8, 4) is 11.6 Å². The van der Waals surface area contributed by atoms with Crippen LogP contribution < -0.4 is 10.1 Å². The van der Waals surface area contributed by atoms with Crippen LogP contribution in [0.25, 0.3) is 5.69 Å². The SMILES string of the molecule is Cc1ccncc1NC(=O)C(C)Oc1ccn(-c2ccccc2)n1. The Hall–Kier alpha value is -3.15. The molecule has 0 saturated heterocycles. The number of para-hydroxylation sites is 1. The molecule has 1 amide bonds. The summed E-state index contributed by atoms with van der Waals surface area (Å²) in [7, 11) is 0. The summed E-state index contributed by atoms with van der Waals surface area (Å²) in [5.41, 5.74) is 2.54. The van der Waals surface area contributed by atoms with Crippen LogP contribution in [-0.4, -0.2) is 26.8 Å². The van der Waals surface area contributed by atoms with Crippen LogP contribution in [0.15, 0.2) is 61.1 Å². The van der Waals surface area contributed by atoms with E-state index in [1.807, 2.05) is 43.3 Å². The lowest BCUT2D eigenvalue weighted by molar-refractivity contribution is -0.122. The van der Waals surface area contributed by atoms with E-state index in [1.54, 1.807) is 36.3 Å². The molecule has 2 heterocycles. The van der Waals surface area contributed by atoms with Gasteiger partial charge in [0.25, 0.3) is 5.91 Å². The number of aryl methyl sites for hydroxylation is 1. The van der Waals surface area contributed by atoms with Crippen LogP contribution in [-0.2, 0) is 4.79 Å². The second-order valence-corrected chi connectivity index (χ2v) is 5.37. The van der Waals surface area contributed by atoms with Gasteiger partial charge >= 0.3 is 0 Å². The summed E-state index contributed by atoms with van der Waals surface area (Å²) in [6.07, 6.45) is 4.41. The van der Waals surface area contributed by atoms with Crippen LogP contribution in [0.4, 0.5) is 5.69 Å². The molecule has 0 bridgehead atoms. The number of carbonyl (C=O) groups is 1. The van der Waals surface area contributed by atoms with E-state index >= 15 is 0 Å². The van der Waals surface area contributed by atoms with Gasteiger partial charge in [-0.2, -0.15) is 0 Å². The molecule has 122 valence electrons. The van der Waals surface area contributed by atoms with E-state index in [-0.39, 0.29) is 5.91 Å². The Balaban J connectivity index is 1.65. The molecule has 6 nitrogen and oxygen atoms in total. The Morgan fingerprint density at radius 2 is 2.00 bits per heavy atom. The number of nitrogens with one attached hydrogen (secondary N) is 1. The molecule has 2 aromatic heterocycles. The lowest BCUT2D eigenvalue weighted by Gasteiger charge is -2.13. The average molecular weight is 322 g/mol. The summed E-state index contributed by atoms with van der Waals surface area (Å²) in [6, 6.07) is 13.3. The van der Waals surface area contributed by atoms with E-state index in [9.17, 15) is 4.79 Å². The van der Waals surface area contributed by atoms with Crippen molar-refractivity contribution in [2.24, 2.45) is 0 Å². The van der Waals surface area contributed by atoms with Crippen LogP contribution in [0.3, 0.4) is 0 Å². The third kappa shape index (κ3) is 3.60. The third-order valence-corrected chi connectivity index (χ3v) is 3.55. The van der Waals surface area contributed by atoms with E-state index in [2.05, 4.69) is 15.4 Å². The van der Waals surface area contributed by atoms with Crippen molar-refractivity contribution in [2.75, 3.05) is 5.32 Å². The number of aromatic nitrogens is 3. The molecule has 0 aliphatic heterocycles. The van der Waals surface area contributed by atoms with E-state index in [0.717, 1.165) is 11.3 Å². The number of carbonyl (C=O) groups excluding carboxylic acids is 1. The van der Waals surface area contributed by atoms with Gasteiger partial charge in [-0.3, -0.25) is 9.78 Å². The second kappa shape index (κ2) is 6.95. The number of nitrogens with zero attached hydrogens (tertiary/aromatic N) is 3. The molecule has 0 saturated carbocycles. The molecule has 1 unspecified atom stereocenters. The third-order valence-electron chi connectivity index (χ3n) is 3.55. The highest BCUT2D eigenvalue weighted by atomic mass is 16.5. The van der Waals surface area contributed by atoms with E-state index in [0.29, 0.717) is 11.6 Å². The molecule has 0 radical (unpaired) electrons. The number of anilines is 1. The fraction of sp³-hybridized carbons (Fsp3) is 0.167. The topological polar surface area (TPSA) is 69.0 Å². The molecule has 1 N–H and O–H groups in total. The molecule has 0 aliphatic rings. The first-order chi connectivity index (χ1) is 11.6. The van der Waals surface area contributed by atoms with Crippen LogP contribution in [0.5, 0.6) is 5.88 Å². The molecular weight excluding hydrogens is 304 g/mol. The van der Waals surface area contributed by atoms with E-state index < -0.39 is 6.10 Å². The Labute approximate surface area is 140 Å². The lowest BCUT2D eigenvalue weighted by Crippen LogP contribution is -2.30. The predicted molar refractivity (Wildman–Crippen MR) is 91.3 cm³/mol. The summed E-state index contributed by atoms with van der Waals surface area (Å²) in [5, 5.41) is 7.14. The molecule has 3 aromatic rings. The zero-order chi connectivity index (χ0) is 16.9. The molecule has 3 rings (SSSR count). The van der Waals surface area contributed by atoms with Crippen molar-refractivity contribution < 1.29 is 9.53 Å². The number of benzene rings is 1. The standard InChI is InChI=1S/C18H18N4O2/c1-13-8-10-19-12-16(13)20-18(23)14(2)24-17-9-11-22(21-17)15-6-4-3-5-7-15/h3-12,14H,1-2H3,(H,20,23). The van der Waals surface area contributed by atoms with E-state index in [4.69, 9.17) is 4.74 Å². The molecule has 0 fully saturated rings. The van der Waals surface area contributed by atoms with Gasteiger partial charge in [0.1, 0.15) is 0 Å². The monoisotopic (exact) mass is 322 g/mol. The van der Waals surface area contributed by atoms with Crippen molar-refractivity contribution in [3.63, 3.8) is 0 Å². The van der Waals surface area contributed by atoms with Gasteiger partial charge in [-0.25, -0.2) is 4.68 Å². The molecule has 1 atom stereocenters. The maximum atomic E-state index is 12.2. The maximum Gasteiger partial charge on any atom is 0.265 e. The summed E-state index contributed by atoms with van der Waals surface area (Å²) in [4.78, 5) is 16.3. The molecule has 6 heteroatoms. The zero-order valence-corrected chi connectivity index (χ0v) is 13.5. The van der Waals surface area contributed by atoms with Gasteiger partial charge < -0.3 is 10.1 Å². The average Bonchev–Trinajstić information content (AvgIpc) is 3.06. The van der Waals surface area contributed by atoms with Gasteiger partial charge in [-0.15, -0.1) is 5.10 Å². The molecule has 0 aliphatic carbocycles. The van der Waals surface area contributed by atoms with Crippen LogP contribution >= 0.6 is 0 Å². The highest BCUT2D eigenvalue weighted by Crippen LogP contribution is 2.15. The lowest BCUT2D eigenvalue weighted by atomic mass is 10.2. The van der Waals surface area contributed by atoms with Crippen LogP contribution in [0.1, 0.15) is 12.5 Å². The second-order valence-electron chi connectivity index (χ2n) is 5.37. The largest absolute Gasteiger partial charge is 0.463 e. The molecule has 1 aromatic carbocycles. The highest BCUT2D eigenvalue weighted by molar-refractivity contribution is 5.94. The fourth-order valence-corrected chi connectivity index (χ4v) is 2.16. The van der Waals surface area contributed by atoms with Crippen molar-refractivity contribution in [1.29, 1.82) is 0 Å². The first-order valence-corrected chi connectivity index (χ1v) is 7.63. The highest BCUT2D eigenvalue weighted by Gasteiger charge is 2.17. The van der Waals surface area contributed by atoms with E-state index in [1.165, 1.54) is 0 Å². The Morgan fingerprint density at radius 3 is 2.75 bits per heavy atom. The van der Waals surface area contributed by atoms with Crippen LogP contribution in [0.2, 0.25) is 0 Å². The summed E-state index contributed by atoms with van der Waals surface area (Å²) in [5.74, 6) is 0.143. The number of pyridine rings is 1. The molecular formula is C18H18N4O2. The Morgan fingerprint density at radius 1 is 1.21 bits per heavy atom. The number of amides is 1. The first-order valence-electron chi connectivity index (χ1n) is 7.63. The summed E-state index contributed by atoms with van der Waals surface area (Å²) in [6.45, 7) is 3.59. The van der Waals surface area contributed by atoms with Crippen molar-refractivity contribution in [1.82, 2.24) is 14.8 Å². The minimum Gasteiger partial charge on any atom is -0.463 e. The van der Waals surface area contributed by atoms with Crippen molar-refractivity contribution >= 4 is 11.6 Å². The van der Waals surface area contributed by atoms with Gasteiger partial charge in [0, 0.05) is 18.5 Å². The number of ether oxygens (including phenoxy) is 1. The molecule has 0 spiro atoms. The number of hydrogen-bond acceptors (Lipinski definition) is 4. The number of hydrogen-bond donors (Lipinski definition) is 1. The van der Waals surface area contributed by atoms with Gasteiger partial charge in [-0.1, -0.05) is 18.2 Å². The van der Waals surface area contributed by atoms with Crippen molar-refractivity contribution in [2.45, 2.75) is 20.0 Å². The maximum absolute atomic E-state index is 12.2. The van der Waals surface area contributed by atoms with Crippen LogP contribution in [0, 0.1) is 6.92 Å². The van der Waals surface area contributed by atoms with Gasteiger partial charge in [0.15, 0.2) is 6.10 Å². The quantitative estimate of drug-likeness (QED) is 0.784.